The van der Waals surface area contributed by atoms with Crippen molar-refractivity contribution in [2.75, 3.05) is 18.9 Å². The summed E-state index contributed by atoms with van der Waals surface area (Å²) < 4.78 is 38.9. The van der Waals surface area contributed by atoms with Crippen LogP contribution in [0.3, 0.4) is 0 Å². The van der Waals surface area contributed by atoms with Crippen LogP contribution in [0.5, 0.6) is 0 Å². The summed E-state index contributed by atoms with van der Waals surface area (Å²) in [5, 5.41) is 2.51. The highest BCUT2D eigenvalue weighted by molar-refractivity contribution is 5.92. The molecule has 0 saturated carbocycles. The van der Waals surface area contributed by atoms with Crippen LogP contribution in [0, 0.1) is 17.5 Å². The Hall–Kier alpha value is -2.34. The Morgan fingerprint density at radius 2 is 1.74 bits per heavy atom. The van der Waals surface area contributed by atoms with Gasteiger partial charge in [-0.05, 0) is 43.8 Å². The van der Waals surface area contributed by atoms with Crippen LogP contribution in [-0.2, 0) is 4.79 Å². The molecule has 3 nitrogen and oxygen atoms in total. The van der Waals surface area contributed by atoms with Crippen molar-refractivity contribution < 1.29 is 18.0 Å². The van der Waals surface area contributed by atoms with Gasteiger partial charge >= 0.3 is 0 Å². The number of likely N-dealkylation sites (N-methyl/N-ethyl adjacent to an activating group) is 1. The molecule has 0 aliphatic carbocycles. The molecule has 1 unspecified atom stereocenters. The molecule has 0 saturated heterocycles. The van der Waals surface area contributed by atoms with Gasteiger partial charge in [-0.15, -0.1) is 0 Å². The van der Waals surface area contributed by atoms with Gasteiger partial charge in [0.25, 0.3) is 0 Å². The van der Waals surface area contributed by atoms with Crippen LogP contribution in [0.25, 0.3) is 0 Å². The molecule has 0 radical (unpaired) electrons. The van der Waals surface area contributed by atoms with E-state index in [4.69, 9.17) is 0 Å². The number of hydrogen-bond donors (Lipinski definition) is 1. The van der Waals surface area contributed by atoms with Crippen molar-refractivity contribution in [1.29, 1.82) is 0 Å². The number of halogens is 3. The number of carbonyl (C=O) groups is 1. The molecule has 0 fully saturated rings. The van der Waals surface area contributed by atoms with Crippen molar-refractivity contribution in [3.8, 4) is 0 Å². The van der Waals surface area contributed by atoms with Crippen LogP contribution in [0.4, 0.5) is 18.9 Å². The second-order valence-corrected chi connectivity index (χ2v) is 5.32. The van der Waals surface area contributed by atoms with E-state index in [1.165, 1.54) is 18.2 Å². The Kier molecular flexibility index (Phi) is 5.39. The summed E-state index contributed by atoms with van der Waals surface area (Å²) in [5.74, 6) is -2.66. The number of nitrogens with zero attached hydrogens (tertiary/aromatic N) is 1. The van der Waals surface area contributed by atoms with Gasteiger partial charge in [0, 0.05) is 17.8 Å². The Morgan fingerprint density at radius 3 is 2.35 bits per heavy atom. The summed E-state index contributed by atoms with van der Waals surface area (Å²) >= 11 is 0. The van der Waals surface area contributed by atoms with Gasteiger partial charge in [0.15, 0.2) is 11.6 Å². The van der Waals surface area contributed by atoms with E-state index < -0.39 is 11.6 Å². The molecule has 23 heavy (non-hydrogen) atoms. The van der Waals surface area contributed by atoms with Gasteiger partial charge in [0.1, 0.15) is 5.82 Å². The fraction of sp³-hybridized carbons (Fsp3) is 0.235. The van der Waals surface area contributed by atoms with E-state index in [1.54, 1.807) is 24.1 Å². The zero-order valence-corrected chi connectivity index (χ0v) is 12.8. The summed E-state index contributed by atoms with van der Waals surface area (Å²) in [5.41, 5.74) is 1.06. The molecule has 0 aliphatic rings. The number of benzene rings is 2. The Morgan fingerprint density at radius 1 is 1.09 bits per heavy atom. The number of anilines is 1. The average molecular weight is 322 g/mol. The second-order valence-electron chi connectivity index (χ2n) is 5.32. The monoisotopic (exact) mass is 322 g/mol. The summed E-state index contributed by atoms with van der Waals surface area (Å²) in [7, 11) is 1.75. The number of hydrogen-bond acceptors (Lipinski definition) is 2. The van der Waals surface area contributed by atoms with E-state index in [1.807, 2.05) is 6.92 Å². The van der Waals surface area contributed by atoms with Gasteiger partial charge in [0.2, 0.25) is 5.91 Å². The highest BCUT2D eigenvalue weighted by Crippen LogP contribution is 2.19. The highest BCUT2D eigenvalue weighted by atomic mass is 19.2. The first kappa shape index (κ1) is 17.0. The fourth-order valence-corrected chi connectivity index (χ4v) is 2.13. The van der Waals surface area contributed by atoms with Crippen LogP contribution >= 0.6 is 0 Å². The summed E-state index contributed by atoms with van der Waals surface area (Å²) in [6.07, 6.45) is 0. The van der Waals surface area contributed by atoms with Crippen molar-refractivity contribution in [2.24, 2.45) is 0 Å². The molecule has 0 heterocycles. The lowest BCUT2D eigenvalue weighted by molar-refractivity contribution is -0.117. The first-order chi connectivity index (χ1) is 10.9. The number of carbonyl (C=O) groups excluding carboxylic acids is 1. The molecule has 0 aromatic heterocycles. The third-order valence-electron chi connectivity index (χ3n) is 3.61. The Bertz CT molecular complexity index is 689. The largest absolute Gasteiger partial charge is 0.325 e. The molecule has 0 aliphatic heterocycles. The third kappa shape index (κ3) is 4.56. The predicted octanol–water partition coefficient (Wildman–Crippen LogP) is 3.74. The van der Waals surface area contributed by atoms with Crippen molar-refractivity contribution in [3.05, 3.63) is 65.5 Å². The minimum atomic E-state index is -1.02. The average Bonchev–Trinajstić information content (AvgIpc) is 2.51. The molecule has 1 atom stereocenters. The van der Waals surface area contributed by atoms with E-state index in [-0.39, 0.29) is 30.0 Å². The van der Waals surface area contributed by atoms with E-state index in [0.717, 1.165) is 17.7 Å². The molecule has 2 aromatic rings. The molecule has 2 aromatic carbocycles. The van der Waals surface area contributed by atoms with Gasteiger partial charge < -0.3 is 5.32 Å². The molecule has 1 amide bonds. The van der Waals surface area contributed by atoms with Gasteiger partial charge in [0.05, 0.1) is 6.54 Å². The minimum Gasteiger partial charge on any atom is -0.325 e. The maximum atomic E-state index is 13.1. The summed E-state index contributed by atoms with van der Waals surface area (Å²) in [6.45, 7) is 1.94. The van der Waals surface area contributed by atoms with Crippen LogP contribution in [-0.4, -0.2) is 24.4 Å². The van der Waals surface area contributed by atoms with E-state index in [9.17, 15) is 18.0 Å². The predicted molar refractivity (Wildman–Crippen MR) is 82.4 cm³/mol. The third-order valence-corrected chi connectivity index (χ3v) is 3.61. The van der Waals surface area contributed by atoms with Crippen molar-refractivity contribution in [3.63, 3.8) is 0 Å². The van der Waals surface area contributed by atoms with E-state index in [2.05, 4.69) is 5.32 Å². The van der Waals surface area contributed by atoms with Crippen LogP contribution < -0.4 is 5.32 Å². The van der Waals surface area contributed by atoms with E-state index >= 15 is 0 Å². The zero-order chi connectivity index (χ0) is 17.0. The van der Waals surface area contributed by atoms with Crippen molar-refractivity contribution in [2.45, 2.75) is 13.0 Å². The smallest absolute Gasteiger partial charge is 0.238 e. The Balaban J connectivity index is 1.95. The lowest BCUT2D eigenvalue weighted by Crippen LogP contribution is -2.32. The standard InChI is InChI=1S/C17H17F3N2O/c1-11(12-3-5-13(18)6-4-12)22(2)10-17(23)21-14-7-8-15(19)16(20)9-14/h3-9,11H,10H2,1-2H3,(H,21,23). The number of nitrogens with one attached hydrogen (secondary N) is 1. The highest BCUT2D eigenvalue weighted by Gasteiger charge is 2.15. The minimum absolute atomic E-state index is 0.0531. The topological polar surface area (TPSA) is 32.3 Å². The lowest BCUT2D eigenvalue weighted by Gasteiger charge is -2.24. The second kappa shape index (κ2) is 7.28. The molecule has 0 spiro atoms. The van der Waals surface area contributed by atoms with Crippen molar-refractivity contribution in [1.82, 2.24) is 4.90 Å². The quantitative estimate of drug-likeness (QED) is 0.909. The van der Waals surface area contributed by atoms with Crippen LogP contribution in [0.1, 0.15) is 18.5 Å². The maximum Gasteiger partial charge on any atom is 0.238 e. The van der Waals surface area contributed by atoms with Crippen LogP contribution in [0.2, 0.25) is 0 Å². The molecular weight excluding hydrogens is 305 g/mol. The zero-order valence-electron chi connectivity index (χ0n) is 12.8. The first-order valence-electron chi connectivity index (χ1n) is 7.07. The lowest BCUT2D eigenvalue weighted by atomic mass is 10.1. The van der Waals surface area contributed by atoms with E-state index in [0.29, 0.717) is 0 Å². The number of rotatable bonds is 5. The molecular formula is C17H17F3N2O. The van der Waals surface area contributed by atoms with Gasteiger partial charge in [-0.2, -0.15) is 0 Å². The number of amides is 1. The molecule has 1 N–H and O–H groups in total. The first-order valence-corrected chi connectivity index (χ1v) is 7.07. The Labute approximate surface area is 132 Å². The van der Waals surface area contributed by atoms with Crippen LogP contribution in [0.15, 0.2) is 42.5 Å². The molecule has 6 heteroatoms. The fourth-order valence-electron chi connectivity index (χ4n) is 2.13. The maximum absolute atomic E-state index is 13.1. The van der Waals surface area contributed by atoms with Gasteiger partial charge in [-0.1, -0.05) is 12.1 Å². The summed E-state index contributed by atoms with van der Waals surface area (Å²) in [6, 6.07) is 9.10. The SMILES string of the molecule is CC(c1ccc(F)cc1)N(C)CC(=O)Nc1ccc(F)c(F)c1. The van der Waals surface area contributed by atoms with Gasteiger partial charge in [-0.3, -0.25) is 9.69 Å². The van der Waals surface area contributed by atoms with Crippen molar-refractivity contribution >= 4 is 11.6 Å². The normalized spacial score (nSPS) is 12.3. The summed E-state index contributed by atoms with van der Waals surface area (Å²) in [4.78, 5) is 13.7. The molecule has 0 bridgehead atoms. The molecule has 122 valence electrons. The molecule has 2 rings (SSSR count). The van der Waals surface area contributed by atoms with Gasteiger partial charge in [-0.25, -0.2) is 13.2 Å².